The van der Waals surface area contributed by atoms with Crippen molar-refractivity contribution in [1.29, 1.82) is 0 Å². The molecule has 1 aliphatic rings. The number of nitrogens with zero attached hydrogens (tertiary/aromatic N) is 1. The molecule has 152 valence electrons. The van der Waals surface area contributed by atoms with Crippen LogP contribution in [0, 0.1) is 0 Å². The lowest BCUT2D eigenvalue weighted by molar-refractivity contribution is -0.125. The normalized spacial score (nSPS) is 17.2. The van der Waals surface area contributed by atoms with E-state index in [1.54, 1.807) is 49.4 Å². The summed E-state index contributed by atoms with van der Waals surface area (Å²) in [5.41, 5.74) is 0. The molecule has 1 fully saturated rings. The Morgan fingerprint density at radius 3 is 2.39 bits per heavy atom. The van der Waals surface area contributed by atoms with Gasteiger partial charge in [0.15, 0.2) is 0 Å². The fourth-order valence-electron chi connectivity index (χ4n) is 3.59. The average molecular weight is 405 g/mol. The van der Waals surface area contributed by atoms with Gasteiger partial charge in [0.1, 0.15) is 11.8 Å². The van der Waals surface area contributed by atoms with E-state index in [0.717, 1.165) is 25.7 Å². The number of furan rings is 1. The monoisotopic (exact) mass is 404 g/mol. The molecule has 1 aromatic carbocycles. The van der Waals surface area contributed by atoms with E-state index in [9.17, 15) is 13.2 Å². The first kappa shape index (κ1) is 20.6. The van der Waals surface area contributed by atoms with Crippen LogP contribution in [0.25, 0.3) is 0 Å². The quantitative estimate of drug-likeness (QED) is 0.714. The van der Waals surface area contributed by atoms with E-state index in [1.165, 1.54) is 23.4 Å². The van der Waals surface area contributed by atoms with Gasteiger partial charge >= 0.3 is 0 Å². The van der Waals surface area contributed by atoms with Gasteiger partial charge < -0.3 is 9.73 Å². The Labute approximate surface area is 167 Å². The number of benzene rings is 1. The number of nitrogens with one attached hydrogen (secondary N) is 1. The summed E-state index contributed by atoms with van der Waals surface area (Å²) < 4.78 is 33.1. The molecule has 1 aromatic heterocycles. The van der Waals surface area contributed by atoms with E-state index >= 15 is 0 Å². The Morgan fingerprint density at radius 1 is 1.11 bits per heavy atom. The first-order valence-electron chi connectivity index (χ1n) is 9.88. The fraction of sp³-hybridized carbons (Fsp3) is 0.476. The molecule has 0 saturated heterocycles. The van der Waals surface area contributed by atoms with Gasteiger partial charge in [-0.3, -0.25) is 4.79 Å². The maximum Gasteiger partial charge on any atom is 0.244 e. The predicted octanol–water partition coefficient (Wildman–Crippen LogP) is 3.70. The van der Waals surface area contributed by atoms with Crippen LogP contribution in [0.1, 0.15) is 51.2 Å². The van der Waals surface area contributed by atoms with Crippen LogP contribution in [0.15, 0.2) is 58.0 Å². The highest BCUT2D eigenvalue weighted by Gasteiger charge is 2.34. The molecule has 0 spiro atoms. The second kappa shape index (κ2) is 9.39. The molecule has 7 heteroatoms. The van der Waals surface area contributed by atoms with Crippen LogP contribution < -0.4 is 5.32 Å². The zero-order valence-electron chi connectivity index (χ0n) is 16.2. The second-order valence-corrected chi connectivity index (χ2v) is 9.21. The zero-order valence-corrected chi connectivity index (χ0v) is 17.0. The van der Waals surface area contributed by atoms with E-state index in [-0.39, 0.29) is 23.4 Å². The fourth-order valence-corrected chi connectivity index (χ4v) is 5.17. The van der Waals surface area contributed by atoms with Gasteiger partial charge in [-0.05, 0) is 44.0 Å². The SMILES string of the molecule is C[C@@H](C(=O)NC1CCCCCC1)N(Cc1ccco1)S(=O)(=O)c1ccccc1. The first-order chi connectivity index (χ1) is 13.5. The number of hydrogen-bond acceptors (Lipinski definition) is 4. The third-order valence-electron chi connectivity index (χ3n) is 5.25. The van der Waals surface area contributed by atoms with Gasteiger partial charge in [0.05, 0.1) is 17.7 Å². The molecule has 1 heterocycles. The maximum atomic E-state index is 13.3. The molecule has 1 amide bonds. The van der Waals surface area contributed by atoms with Crippen LogP contribution in [0.5, 0.6) is 0 Å². The standard InChI is InChI=1S/C21H28N2O4S/c1-17(21(24)22-18-10-5-2-3-6-11-18)23(16-19-12-9-15-27-19)28(25,26)20-13-7-4-8-14-20/h4,7-9,12-15,17-18H,2-3,5-6,10-11,16H2,1H3,(H,22,24)/t17-/m0/s1. The minimum Gasteiger partial charge on any atom is -0.468 e. The van der Waals surface area contributed by atoms with Crippen molar-refractivity contribution in [2.75, 3.05) is 0 Å². The molecule has 6 nitrogen and oxygen atoms in total. The molecule has 0 bridgehead atoms. The summed E-state index contributed by atoms with van der Waals surface area (Å²) >= 11 is 0. The molecule has 1 N–H and O–H groups in total. The van der Waals surface area contributed by atoms with Crippen molar-refractivity contribution in [3.8, 4) is 0 Å². The van der Waals surface area contributed by atoms with Gasteiger partial charge in [0.25, 0.3) is 0 Å². The van der Waals surface area contributed by atoms with Gasteiger partial charge in [-0.1, -0.05) is 43.9 Å². The molecule has 1 saturated carbocycles. The van der Waals surface area contributed by atoms with Crippen molar-refractivity contribution in [3.05, 3.63) is 54.5 Å². The smallest absolute Gasteiger partial charge is 0.244 e. The van der Waals surface area contributed by atoms with Gasteiger partial charge in [-0.2, -0.15) is 4.31 Å². The Morgan fingerprint density at radius 2 is 1.79 bits per heavy atom. The van der Waals surface area contributed by atoms with Crippen molar-refractivity contribution < 1.29 is 17.6 Å². The van der Waals surface area contributed by atoms with Gasteiger partial charge in [-0.15, -0.1) is 0 Å². The minimum absolute atomic E-state index is 0.00345. The van der Waals surface area contributed by atoms with E-state index in [1.807, 2.05) is 0 Å². The second-order valence-electron chi connectivity index (χ2n) is 7.32. The Balaban J connectivity index is 1.82. The van der Waals surface area contributed by atoms with E-state index in [0.29, 0.717) is 5.76 Å². The highest BCUT2D eigenvalue weighted by Crippen LogP contribution is 2.22. The van der Waals surface area contributed by atoms with E-state index in [4.69, 9.17) is 4.42 Å². The number of rotatable bonds is 7. The Bertz CT molecular complexity index is 842. The Kier molecular flexibility index (Phi) is 6.91. The third kappa shape index (κ3) is 5.02. The Hall–Kier alpha value is -2.12. The van der Waals surface area contributed by atoms with Gasteiger partial charge in [0.2, 0.25) is 15.9 Å². The van der Waals surface area contributed by atoms with Crippen LogP contribution >= 0.6 is 0 Å². The van der Waals surface area contributed by atoms with Crippen molar-refractivity contribution in [2.45, 2.75) is 69.0 Å². The number of amides is 1. The highest BCUT2D eigenvalue weighted by molar-refractivity contribution is 7.89. The molecule has 1 atom stereocenters. The summed E-state index contributed by atoms with van der Waals surface area (Å²) in [4.78, 5) is 13.1. The molecule has 0 aliphatic heterocycles. The summed E-state index contributed by atoms with van der Waals surface area (Å²) in [6.45, 7) is 1.64. The lowest BCUT2D eigenvalue weighted by Crippen LogP contribution is -2.49. The summed E-state index contributed by atoms with van der Waals surface area (Å²) in [7, 11) is -3.86. The lowest BCUT2D eigenvalue weighted by Gasteiger charge is -2.28. The predicted molar refractivity (Wildman–Crippen MR) is 107 cm³/mol. The molecule has 3 rings (SSSR count). The number of sulfonamides is 1. The van der Waals surface area contributed by atoms with Crippen LogP contribution in [-0.2, 0) is 21.4 Å². The summed E-state index contributed by atoms with van der Waals surface area (Å²) in [5.74, 6) is 0.228. The summed E-state index contributed by atoms with van der Waals surface area (Å²) in [6.07, 6.45) is 7.96. The first-order valence-corrected chi connectivity index (χ1v) is 11.3. The summed E-state index contributed by atoms with van der Waals surface area (Å²) in [6, 6.07) is 10.9. The van der Waals surface area contributed by atoms with Crippen molar-refractivity contribution in [3.63, 3.8) is 0 Å². The molecule has 28 heavy (non-hydrogen) atoms. The molecule has 1 aliphatic carbocycles. The number of carbonyl (C=O) groups is 1. The van der Waals surface area contributed by atoms with Crippen molar-refractivity contribution in [2.24, 2.45) is 0 Å². The van der Waals surface area contributed by atoms with Crippen molar-refractivity contribution >= 4 is 15.9 Å². The van der Waals surface area contributed by atoms with Crippen LogP contribution in [-0.4, -0.2) is 30.7 Å². The largest absolute Gasteiger partial charge is 0.468 e. The minimum atomic E-state index is -3.86. The van der Waals surface area contributed by atoms with Crippen LogP contribution in [0.4, 0.5) is 0 Å². The van der Waals surface area contributed by atoms with Crippen LogP contribution in [0.3, 0.4) is 0 Å². The maximum absolute atomic E-state index is 13.3. The number of carbonyl (C=O) groups excluding carboxylic acids is 1. The molecule has 0 radical (unpaired) electrons. The molecule has 2 aromatic rings. The average Bonchev–Trinajstić information content (AvgIpc) is 3.09. The van der Waals surface area contributed by atoms with Crippen LogP contribution in [0.2, 0.25) is 0 Å². The van der Waals surface area contributed by atoms with E-state index < -0.39 is 16.1 Å². The van der Waals surface area contributed by atoms with Crippen molar-refractivity contribution in [1.82, 2.24) is 9.62 Å². The lowest BCUT2D eigenvalue weighted by atomic mass is 10.1. The number of hydrogen-bond donors (Lipinski definition) is 1. The topological polar surface area (TPSA) is 79.6 Å². The molecule has 0 unspecified atom stereocenters. The summed E-state index contributed by atoms with van der Waals surface area (Å²) in [5, 5.41) is 3.07. The highest BCUT2D eigenvalue weighted by atomic mass is 32.2. The molecular weight excluding hydrogens is 376 g/mol. The van der Waals surface area contributed by atoms with E-state index in [2.05, 4.69) is 5.32 Å². The third-order valence-corrected chi connectivity index (χ3v) is 7.19. The zero-order chi connectivity index (χ0) is 20.0. The van der Waals surface area contributed by atoms with Gasteiger partial charge in [0, 0.05) is 6.04 Å². The molecular formula is C21H28N2O4S. The van der Waals surface area contributed by atoms with Gasteiger partial charge in [-0.25, -0.2) is 8.42 Å².